The predicted molar refractivity (Wildman–Crippen MR) is 91.2 cm³/mol. The third-order valence-corrected chi connectivity index (χ3v) is 2.45. The van der Waals surface area contributed by atoms with Crippen molar-refractivity contribution in [1.29, 1.82) is 0 Å². The minimum Gasteiger partial charge on any atom is -0.358 e. The zero-order valence-electron chi connectivity index (χ0n) is 11.4. The van der Waals surface area contributed by atoms with Gasteiger partial charge in [0.2, 0.25) is 0 Å². The Morgan fingerprint density at radius 2 is 0.722 bits per heavy atom. The van der Waals surface area contributed by atoms with Crippen molar-refractivity contribution in [1.82, 2.24) is 0 Å². The number of rotatable bonds is 1. The SMILES string of the molecule is C.C.C.C.CC[SiH](C)C.[CH2-]C.[CH2-]C.[CH3-].[CH3-].[Y].[Y].[Y]. The van der Waals surface area contributed by atoms with Crippen molar-refractivity contribution in [3.05, 3.63) is 28.7 Å². The van der Waals surface area contributed by atoms with Crippen molar-refractivity contribution >= 4 is 8.80 Å². The zero-order valence-corrected chi connectivity index (χ0v) is 21.1. The maximum atomic E-state index is 3.25. The van der Waals surface area contributed by atoms with Gasteiger partial charge in [-0.05, 0) is 0 Å². The Labute approximate surface area is 202 Å². The van der Waals surface area contributed by atoms with Crippen LogP contribution in [0.1, 0.15) is 50.5 Å². The molecule has 4 heteroatoms. The first-order chi connectivity index (χ1) is 4.27. The molecule has 0 heterocycles. The topological polar surface area (TPSA) is 0 Å². The largest absolute Gasteiger partial charge is 0.358 e. The second-order valence-electron chi connectivity index (χ2n) is 1.80. The van der Waals surface area contributed by atoms with Gasteiger partial charge in [0.25, 0.3) is 0 Å². The molecule has 0 aromatic heterocycles. The first-order valence-electron chi connectivity index (χ1n) is 3.68. The molecule has 0 aliphatic rings. The van der Waals surface area contributed by atoms with Gasteiger partial charge < -0.3 is 28.7 Å². The van der Waals surface area contributed by atoms with Gasteiger partial charge in [-0.15, -0.1) is 0 Å². The summed E-state index contributed by atoms with van der Waals surface area (Å²) in [5.41, 5.74) is 0. The monoisotopic (exact) mass is 507 g/mol. The van der Waals surface area contributed by atoms with Gasteiger partial charge in [0.1, 0.15) is 0 Å². The summed E-state index contributed by atoms with van der Waals surface area (Å²) in [6.07, 6.45) is 0. The zero-order chi connectivity index (χ0) is 8.28. The molecule has 0 atom stereocenters. The van der Waals surface area contributed by atoms with Gasteiger partial charge in [-0.2, -0.15) is 13.8 Å². The molecule has 0 aromatic carbocycles. The van der Waals surface area contributed by atoms with E-state index in [0.717, 1.165) is 0 Å². The normalized spacial score (nSPS) is 3.33. The summed E-state index contributed by atoms with van der Waals surface area (Å²) in [6.45, 7) is 17.0. The molecule has 0 aliphatic carbocycles. The molecule has 0 unspecified atom stereocenters. The van der Waals surface area contributed by atoms with Gasteiger partial charge in [0, 0.05) is 107 Å². The molecule has 0 saturated carbocycles. The Morgan fingerprint density at radius 3 is 0.722 bits per heavy atom. The quantitative estimate of drug-likeness (QED) is 0.277. The van der Waals surface area contributed by atoms with Crippen LogP contribution in [0.5, 0.6) is 0 Å². The van der Waals surface area contributed by atoms with Gasteiger partial charge in [0.15, 0.2) is 0 Å². The summed E-state index contributed by atoms with van der Waals surface area (Å²) >= 11 is 0. The molecule has 3 radical (unpaired) electrons. The first-order valence-corrected chi connectivity index (χ1v) is 6.81. The van der Waals surface area contributed by atoms with Crippen LogP contribution in [-0.4, -0.2) is 8.80 Å². The molecule has 0 N–H and O–H groups in total. The molecule has 0 rings (SSSR count). The van der Waals surface area contributed by atoms with Crippen molar-refractivity contribution in [2.24, 2.45) is 0 Å². The molecule has 117 valence electrons. The molecule has 0 bridgehead atoms. The van der Waals surface area contributed by atoms with E-state index in [-0.39, 0.29) is 151 Å². The fraction of sp³-hybridized carbons (Fsp3) is 0.714. The summed E-state index contributed by atoms with van der Waals surface area (Å²) in [6, 6.07) is 1.44. The average molecular weight is 507 g/mol. The second-order valence-corrected chi connectivity index (χ2v) is 5.41. The van der Waals surface area contributed by atoms with E-state index >= 15 is 0 Å². The van der Waals surface area contributed by atoms with Gasteiger partial charge in [-0.1, -0.05) is 55.8 Å². The van der Waals surface area contributed by atoms with Gasteiger partial charge in [0.05, 0.1) is 0 Å². The molecular weight excluding hydrogens is 463 g/mol. The Kier molecular flexibility index (Phi) is 767. The summed E-state index contributed by atoms with van der Waals surface area (Å²) < 4.78 is 0. The van der Waals surface area contributed by atoms with E-state index in [4.69, 9.17) is 0 Å². The third kappa shape index (κ3) is 219. The standard InChI is InChI=1S/C4H12Si.2C2H5.4CH4.2CH3.3Y/c1-4-5(2)3;2*1-2;;;;;;;;;/h5H,4H2,1-3H3;2*1H2,2H3;4*1H4;2*1H3;;;/q;2*-1;;;;;2*-1;;;. The number of hydrogen-bond donors (Lipinski definition) is 0. The minimum absolute atomic E-state index is 0. The maximum absolute atomic E-state index is 3.25. The first kappa shape index (κ1) is 99.9. The van der Waals surface area contributed by atoms with Crippen LogP contribution in [0, 0.1) is 28.7 Å². The predicted octanol–water partition coefficient (Wildman–Crippen LogP) is 6.61. The molecule has 0 fully saturated rings. The Morgan fingerprint density at radius 1 is 0.667 bits per heavy atom. The molecule has 18 heavy (non-hydrogen) atoms. The van der Waals surface area contributed by atoms with Crippen LogP contribution in [0.2, 0.25) is 19.1 Å². The van der Waals surface area contributed by atoms with E-state index in [1.807, 2.05) is 0 Å². The van der Waals surface area contributed by atoms with Crippen LogP contribution < -0.4 is 0 Å². The van der Waals surface area contributed by atoms with Crippen LogP contribution >= 0.6 is 0 Å². The fourth-order valence-corrected chi connectivity index (χ4v) is 0. The van der Waals surface area contributed by atoms with Crippen molar-refractivity contribution in [2.75, 3.05) is 0 Å². The Hall–Kier alpha value is 3.53. The molecular formula is C14H44SiY3-4. The van der Waals surface area contributed by atoms with E-state index in [9.17, 15) is 0 Å². The van der Waals surface area contributed by atoms with Crippen LogP contribution in [-0.2, 0) is 98.1 Å². The summed E-state index contributed by atoms with van der Waals surface area (Å²) in [4.78, 5) is 0. The van der Waals surface area contributed by atoms with Crippen molar-refractivity contribution < 1.29 is 98.1 Å². The van der Waals surface area contributed by atoms with E-state index in [2.05, 4.69) is 33.9 Å². The Balaban J connectivity index is -0.00000000260. The van der Waals surface area contributed by atoms with Crippen LogP contribution in [0.15, 0.2) is 0 Å². The minimum atomic E-state index is -0.150. The van der Waals surface area contributed by atoms with Crippen LogP contribution in [0.3, 0.4) is 0 Å². The molecule has 0 aromatic rings. The second kappa shape index (κ2) is 138. The smallest absolute Gasteiger partial charge is 0.0302 e. The van der Waals surface area contributed by atoms with Gasteiger partial charge >= 0.3 is 0 Å². The van der Waals surface area contributed by atoms with Gasteiger partial charge in [-0.3, -0.25) is 0 Å². The van der Waals surface area contributed by atoms with Crippen molar-refractivity contribution in [3.8, 4) is 0 Å². The number of hydrogen-bond acceptors (Lipinski definition) is 0. The molecule has 0 nitrogen and oxygen atoms in total. The summed E-state index contributed by atoms with van der Waals surface area (Å²) in [5.74, 6) is 0. The summed E-state index contributed by atoms with van der Waals surface area (Å²) in [5, 5.41) is 0. The molecule has 0 amide bonds. The molecule has 0 spiro atoms. The van der Waals surface area contributed by atoms with E-state index in [0.29, 0.717) is 0 Å². The molecule has 0 aliphatic heterocycles. The van der Waals surface area contributed by atoms with Crippen molar-refractivity contribution in [2.45, 2.75) is 69.6 Å². The van der Waals surface area contributed by atoms with Crippen LogP contribution in [0.4, 0.5) is 0 Å². The molecule has 0 saturated heterocycles. The van der Waals surface area contributed by atoms with Crippen molar-refractivity contribution in [3.63, 3.8) is 0 Å². The summed E-state index contributed by atoms with van der Waals surface area (Å²) in [7, 11) is -0.150. The van der Waals surface area contributed by atoms with E-state index in [1.165, 1.54) is 6.04 Å². The third-order valence-electron chi connectivity index (χ3n) is 0.816. The Bertz CT molecular complexity index is 31.0. The average Bonchev–Trinajstić information content (AvgIpc) is 1.97. The van der Waals surface area contributed by atoms with Gasteiger partial charge in [-0.25, -0.2) is 0 Å². The fourth-order valence-electron chi connectivity index (χ4n) is 0. The van der Waals surface area contributed by atoms with E-state index < -0.39 is 0 Å². The maximum Gasteiger partial charge on any atom is 0.0302 e. The van der Waals surface area contributed by atoms with E-state index in [1.54, 1.807) is 13.8 Å². The van der Waals surface area contributed by atoms with Crippen LogP contribution in [0.25, 0.3) is 0 Å².